The number of nitrogens with one attached hydrogen (secondary N) is 1. The van der Waals surface area contributed by atoms with E-state index >= 15 is 0 Å². The summed E-state index contributed by atoms with van der Waals surface area (Å²) in [6.07, 6.45) is 1.21. The van der Waals surface area contributed by atoms with Crippen LogP contribution in [0.25, 0.3) is 21.5 Å². The molecule has 0 atom stereocenters. The van der Waals surface area contributed by atoms with Gasteiger partial charge in [-0.1, -0.05) is 60.7 Å². The summed E-state index contributed by atoms with van der Waals surface area (Å²) >= 11 is 0. The Hall–Kier alpha value is -5.57. The minimum atomic E-state index is -0.728. The lowest BCUT2D eigenvalue weighted by atomic mass is 10.0. The Bertz CT molecular complexity index is 1760. The van der Waals surface area contributed by atoms with Gasteiger partial charge in [0.25, 0.3) is 5.91 Å². The number of rotatable bonds is 6. The van der Waals surface area contributed by atoms with E-state index < -0.39 is 22.5 Å². The van der Waals surface area contributed by atoms with Crippen molar-refractivity contribution in [1.82, 2.24) is 5.43 Å². The number of hydrazone groups is 1. The molecule has 0 aliphatic heterocycles. The van der Waals surface area contributed by atoms with Gasteiger partial charge in [0.2, 0.25) is 5.75 Å². The van der Waals surface area contributed by atoms with E-state index in [9.17, 15) is 24.8 Å². The number of aromatic hydroxyl groups is 1. The van der Waals surface area contributed by atoms with Crippen LogP contribution in [0.15, 0.2) is 102 Å². The zero-order valence-corrected chi connectivity index (χ0v) is 19.7. The fourth-order valence-electron chi connectivity index (χ4n) is 4.04. The number of nitro benzene ring substituents is 1. The molecular formula is C29H19N3O6. The monoisotopic (exact) mass is 505 g/mol. The van der Waals surface area contributed by atoms with Gasteiger partial charge in [0.1, 0.15) is 5.75 Å². The van der Waals surface area contributed by atoms with Gasteiger partial charge in [0.05, 0.1) is 22.3 Å². The Morgan fingerprint density at radius 3 is 2.29 bits per heavy atom. The summed E-state index contributed by atoms with van der Waals surface area (Å²) in [4.78, 5) is 36.4. The van der Waals surface area contributed by atoms with Gasteiger partial charge in [-0.15, -0.1) is 0 Å². The molecule has 0 radical (unpaired) electrons. The topological polar surface area (TPSA) is 131 Å². The lowest BCUT2D eigenvalue weighted by Gasteiger charge is -2.08. The number of hydrogen-bond donors (Lipinski definition) is 2. The number of esters is 1. The number of phenols is 1. The van der Waals surface area contributed by atoms with E-state index in [2.05, 4.69) is 10.5 Å². The van der Waals surface area contributed by atoms with E-state index in [1.807, 2.05) is 42.5 Å². The number of fused-ring (bicyclic) bond motifs is 2. The molecule has 186 valence electrons. The van der Waals surface area contributed by atoms with Crippen molar-refractivity contribution < 1.29 is 24.4 Å². The Morgan fingerprint density at radius 2 is 1.53 bits per heavy atom. The second-order valence-corrected chi connectivity index (χ2v) is 8.32. The van der Waals surface area contributed by atoms with Crippen LogP contribution >= 0.6 is 0 Å². The predicted molar refractivity (Wildman–Crippen MR) is 143 cm³/mol. The number of phenolic OH excluding ortho intramolecular Hbond substituents is 1. The highest BCUT2D eigenvalue weighted by Gasteiger charge is 2.21. The number of ether oxygens (including phenoxy) is 1. The van der Waals surface area contributed by atoms with Gasteiger partial charge in [0, 0.05) is 11.6 Å². The van der Waals surface area contributed by atoms with Gasteiger partial charge in [-0.2, -0.15) is 5.10 Å². The van der Waals surface area contributed by atoms with Crippen molar-refractivity contribution in [1.29, 1.82) is 0 Å². The first-order valence-electron chi connectivity index (χ1n) is 11.4. The Balaban J connectivity index is 1.33. The normalized spacial score (nSPS) is 11.1. The molecule has 0 saturated heterocycles. The van der Waals surface area contributed by atoms with Crippen LogP contribution in [0.4, 0.5) is 5.69 Å². The van der Waals surface area contributed by atoms with Gasteiger partial charge >= 0.3 is 11.7 Å². The van der Waals surface area contributed by atoms with E-state index in [1.54, 1.807) is 30.3 Å². The minimum absolute atomic E-state index is 0.0301. The van der Waals surface area contributed by atoms with Crippen molar-refractivity contribution in [3.63, 3.8) is 0 Å². The molecule has 1 amide bonds. The molecule has 0 aliphatic rings. The summed E-state index contributed by atoms with van der Waals surface area (Å²) in [6.45, 7) is 0. The van der Waals surface area contributed by atoms with Crippen molar-refractivity contribution in [3.8, 4) is 11.5 Å². The third-order valence-corrected chi connectivity index (χ3v) is 5.88. The number of nitro groups is 1. The zero-order chi connectivity index (χ0) is 26.6. The van der Waals surface area contributed by atoms with Crippen molar-refractivity contribution in [2.24, 2.45) is 5.10 Å². The average Bonchev–Trinajstić information content (AvgIpc) is 2.92. The van der Waals surface area contributed by atoms with Gasteiger partial charge in [-0.05, 0) is 51.9 Å². The summed E-state index contributed by atoms with van der Waals surface area (Å²) in [6, 6.07) is 26.6. The maximum atomic E-state index is 12.8. The largest absolute Gasteiger partial charge is 0.507 e. The van der Waals surface area contributed by atoms with Crippen molar-refractivity contribution >= 4 is 45.3 Å². The summed E-state index contributed by atoms with van der Waals surface area (Å²) in [5.74, 6) is -1.81. The predicted octanol–water partition coefficient (Wildman–Crippen LogP) is 5.59. The summed E-state index contributed by atoms with van der Waals surface area (Å²) in [5, 5.41) is 28.8. The molecule has 5 aromatic carbocycles. The maximum absolute atomic E-state index is 12.8. The quantitative estimate of drug-likeness (QED) is 0.102. The molecule has 38 heavy (non-hydrogen) atoms. The molecular weight excluding hydrogens is 486 g/mol. The number of benzene rings is 5. The van der Waals surface area contributed by atoms with Crippen LogP contribution in [0.1, 0.15) is 26.3 Å². The molecule has 2 N–H and O–H groups in total. The fourth-order valence-corrected chi connectivity index (χ4v) is 4.04. The molecule has 0 aromatic heterocycles. The van der Waals surface area contributed by atoms with E-state index in [0.717, 1.165) is 16.2 Å². The average molecular weight is 505 g/mol. The number of nitrogens with zero attached hydrogens (tertiary/aromatic N) is 2. The van der Waals surface area contributed by atoms with Crippen molar-refractivity contribution in [3.05, 3.63) is 124 Å². The van der Waals surface area contributed by atoms with Gasteiger partial charge in [-0.25, -0.2) is 10.2 Å². The van der Waals surface area contributed by atoms with Crippen LogP contribution in [0.2, 0.25) is 0 Å². The van der Waals surface area contributed by atoms with Crippen LogP contribution in [0.5, 0.6) is 11.5 Å². The SMILES string of the molecule is O=C(N/N=C\c1ccc(OC(=O)c2cccc3ccccc23)c([N+](=O)[O-])c1)c1cc2ccccc2cc1O. The minimum Gasteiger partial charge on any atom is -0.507 e. The molecule has 9 heteroatoms. The van der Waals surface area contributed by atoms with Crippen LogP contribution < -0.4 is 10.2 Å². The maximum Gasteiger partial charge on any atom is 0.344 e. The summed E-state index contributed by atoms with van der Waals surface area (Å²) < 4.78 is 5.38. The first kappa shape index (κ1) is 24.1. The molecule has 0 fully saturated rings. The van der Waals surface area contributed by atoms with Crippen LogP contribution in [0.3, 0.4) is 0 Å². The molecule has 0 spiro atoms. The number of carbonyl (C=O) groups is 2. The van der Waals surface area contributed by atoms with Crippen molar-refractivity contribution in [2.45, 2.75) is 0 Å². The molecule has 9 nitrogen and oxygen atoms in total. The highest BCUT2D eigenvalue weighted by Crippen LogP contribution is 2.30. The van der Waals surface area contributed by atoms with Crippen molar-refractivity contribution in [2.75, 3.05) is 0 Å². The molecule has 0 unspecified atom stereocenters. The van der Waals surface area contributed by atoms with Gasteiger partial charge in [-0.3, -0.25) is 14.9 Å². The summed E-state index contributed by atoms with van der Waals surface area (Å²) in [7, 11) is 0. The lowest BCUT2D eigenvalue weighted by molar-refractivity contribution is -0.385. The molecule has 0 bridgehead atoms. The highest BCUT2D eigenvalue weighted by molar-refractivity contribution is 6.05. The van der Waals surface area contributed by atoms with Gasteiger partial charge in [0.15, 0.2) is 0 Å². The van der Waals surface area contributed by atoms with Gasteiger partial charge < -0.3 is 9.84 Å². The lowest BCUT2D eigenvalue weighted by Crippen LogP contribution is -2.17. The van der Waals surface area contributed by atoms with Crippen LogP contribution in [0, 0.1) is 10.1 Å². The molecule has 0 saturated carbocycles. The second-order valence-electron chi connectivity index (χ2n) is 8.32. The second kappa shape index (κ2) is 10.2. The molecule has 0 heterocycles. The third kappa shape index (κ3) is 4.89. The first-order valence-corrected chi connectivity index (χ1v) is 11.4. The van der Waals surface area contributed by atoms with E-state index in [0.29, 0.717) is 5.39 Å². The summed E-state index contributed by atoms with van der Waals surface area (Å²) in [5.41, 5.74) is 2.45. The zero-order valence-electron chi connectivity index (χ0n) is 19.7. The standard InChI is InChI=1S/C29H19N3O6/c33-26-16-21-8-2-1-7-20(21)15-24(26)28(34)31-30-17-18-12-13-27(25(14-18)32(36)37)38-29(35)23-11-5-9-19-6-3-4-10-22(19)23/h1-17,33H,(H,31,34)/b30-17-. The number of amides is 1. The molecule has 0 aliphatic carbocycles. The van der Waals surface area contributed by atoms with E-state index in [-0.39, 0.29) is 28.2 Å². The van der Waals surface area contributed by atoms with E-state index in [1.165, 1.54) is 30.5 Å². The third-order valence-electron chi connectivity index (χ3n) is 5.88. The molecule has 5 rings (SSSR count). The number of carbonyl (C=O) groups excluding carboxylic acids is 2. The smallest absolute Gasteiger partial charge is 0.344 e. The fraction of sp³-hybridized carbons (Fsp3) is 0. The Labute approximate surface area is 215 Å². The van der Waals surface area contributed by atoms with E-state index in [4.69, 9.17) is 4.74 Å². The van der Waals surface area contributed by atoms with Crippen LogP contribution in [-0.4, -0.2) is 28.1 Å². The first-order chi connectivity index (χ1) is 18.4. The Morgan fingerprint density at radius 1 is 0.842 bits per heavy atom. The van der Waals surface area contributed by atoms with Crippen LogP contribution in [-0.2, 0) is 0 Å². The highest BCUT2D eigenvalue weighted by atomic mass is 16.6. The molecule has 5 aromatic rings. The Kier molecular flexibility index (Phi) is 6.48. The number of hydrogen-bond acceptors (Lipinski definition) is 7.